The highest BCUT2D eigenvalue weighted by Crippen LogP contribution is 2.34. The van der Waals surface area contributed by atoms with Gasteiger partial charge in [-0.05, 0) is 31.4 Å². The van der Waals surface area contributed by atoms with Crippen LogP contribution in [0.2, 0.25) is 0 Å². The summed E-state index contributed by atoms with van der Waals surface area (Å²) in [5.74, 6) is 0. The Morgan fingerprint density at radius 3 is 2.60 bits per heavy atom. The molecule has 1 aliphatic heterocycles. The number of hydrogen-bond donors (Lipinski definition) is 1. The van der Waals surface area contributed by atoms with Crippen molar-refractivity contribution in [2.75, 3.05) is 22.7 Å². The molecule has 0 saturated heterocycles. The molecule has 0 bridgehead atoms. The smallest absolute Gasteiger partial charge is 0.238 e. The van der Waals surface area contributed by atoms with Crippen LogP contribution in [0.4, 0.5) is 11.4 Å². The maximum Gasteiger partial charge on any atom is 0.238 e. The summed E-state index contributed by atoms with van der Waals surface area (Å²) in [6, 6.07) is 7.73. The van der Waals surface area contributed by atoms with E-state index >= 15 is 0 Å². The monoisotopic (exact) mass is 294 g/mol. The zero-order valence-electron chi connectivity index (χ0n) is 11.7. The van der Waals surface area contributed by atoms with Gasteiger partial charge in [-0.15, -0.1) is 0 Å². The summed E-state index contributed by atoms with van der Waals surface area (Å²) >= 11 is 0. The zero-order valence-corrected chi connectivity index (χ0v) is 12.5. The van der Waals surface area contributed by atoms with Gasteiger partial charge in [0.1, 0.15) is 0 Å². The first-order valence-corrected chi connectivity index (χ1v) is 9.04. The van der Waals surface area contributed by atoms with Gasteiger partial charge in [0.15, 0.2) is 0 Å². The highest BCUT2D eigenvalue weighted by Gasteiger charge is 2.34. The Kier molecular flexibility index (Phi) is 3.87. The maximum absolute atomic E-state index is 13.0. The van der Waals surface area contributed by atoms with Crippen molar-refractivity contribution in [3.8, 4) is 0 Å². The molecule has 5 heteroatoms. The van der Waals surface area contributed by atoms with Gasteiger partial charge in [0, 0.05) is 13.1 Å². The van der Waals surface area contributed by atoms with Crippen LogP contribution >= 0.6 is 0 Å². The van der Waals surface area contributed by atoms with Crippen LogP contribution in [0.5, 0.6) is 0 Å². The number of sulfonamides is 1. The summed E-state index contributed by atoms with van der Waals surface area (Å²) in [5, 5.41) is 3.13. The Hall–Kier alpha value is -1.23. The van der Waals surface area contributed by atoms with Crippen molar-refractivity contribution in [1.82, 2.24) is 0 Å². The zero-order chi connectivity index (χ0) is 14.0. The minimum Gasteiger partial charge on any atom is -0.383 e. The van der Waals surface area contributed by atoms with E-state index in [0.29, 0.717) is 6.54 Å². The Morgan fingerprint density at radius 2 is 1.80 bits per heavy atom. The number of anilines is 2. The highest BCUT2D eigenvalue weighted by molar-refractivity contribution is 7.93. The Labute approximate surface area is 121 Å². The third-order valence-corrected chi connectivity index (χ3v) is 6.61. The second-order valence-corrected chi connectivity index (χ2v) is 7.81. The van der Waals surface area contributed by atoms with Crippen LogP contribution in [0.3, 0.4) is 0 Å². The minimum absolute atomic E-state index is 0.192. The number of para-hydroxylation sites is 2. The largest absolute Gasteiger partial charge is 0.383 e. The highest BCUT2D eigenvalue weighted by atomic mass is 32.2. The average Bonchev–Trinajstić information content (AvgIpc) is 2.71. The van der Waals surface area contributed by atoms with Crippen molar-refractivity contribution in [2.45, 2.75) is 43.8 Å². The van der Waals surface area contributed by atoms with E-state index in [0.717, 1.165) is 50.0 Å². The molecule has 0 atom stereocenters. The standard InChI is InChI=1S/C15H22N2O2S/c18-20(19,13-7-2-1-3-8-13)17-12-6-11-16-14-9-4-5-10-15(14)17/h4-5,9-10,13,16H,1-3,6-8,11-12H2. The number of benzene rings is 1. The van der Waals surface area contributed by atoms with E-state index < -0.39 is 10.0 Å². The molecule has 1 saturated carbocycles. The summed E-state index contributed by atoms with van der Waals surface area (Å²) in [7, 11) is -3.23. The van der Waals surface area contributed by atoms with Crippen molar-refractivity contribution >= 4 is 21.4 Å². The lowest BCUT2D eigenvalue weighted by atomic mass is 10.0. The lowest BCUT2D eigenvalue weighted by Crippen LogP contribution is -2.40. The lowest BCUT2D eigenvalue weighted by Gasteiger charge is -2.30. The molecule has 3 rings (SSSR count). The van der Waals surface area contributed by atoms with Gasteiger partial charge in [-0.1, -0.05) is 31.4 Å². The molecule has 0 amide bonds. The summed E-state index contributed by atoms with van der Waals surface area (Å²) in [6.07, 6.45) is 5.73. The number of fused-ring (bicyclic) bond motifs is 1. The predicted octanol–water partition coefficient (Wildman–Crippen LogP) is 2.97. The molecule has 20 heavy (non-hydrogen) atoms. The number of nitrogens with zero attached hydrogens (tertiary/aromatic N) is 1. The molecule has 2 aliphatic rings. The third-order valence-electron chi connectivity index (χ3n) is 4.31. The fraction of sp³-hybridized carbons (Fsp3) is 0.600. The summed E-state index contributed by atoms with van der Waals surface area (Å²) < 4.78 is 27.6. The number of rotatable bonds is 2. The molecule has 1 heterocycles. The van der Waals surface area contributed by atoms with E-state index in [1.54, 1.807) is 4.31 Å². The number of nitrogens with one attached hydrogen (secondary N) is 1. The van der Waals surface area contributed by atoms with Gasteiger partial charge in [0.05, 0.1) is 16.6 Å². The molecule has 0 radical (unpaired) electrons. The van der Waals surface area contributed by atoms with Crippen molar-refractivity contribution in [3.63, 3.8) is 0 Å². The molecule has 1 aromatic rings. The molecule has 1 aliphatic carbocycles. The topological polar surface area (TPSA) is 49.4 Å². The lowest BCUT2D eigenvalue weighted by molar-refractivity contribution is 0.481. The van der Waals surface area contributed by atoms with E-state index in [9.17, 15) is 8.42 Å². The molecule has 1 N–H and O–H groups in total. The van der Waals surface area contributed by atoms with Crippen LogP contribution in [-0.2, 0) is 10.0 Å². The van der Waals surface area contributed by atoms with E-state index in [1.165, 1.54) is 6.42 Å². The van der Waals surface area contributed by atoms with Crippen LogP contribution < -0.4 is 9.62 Å². The van der Waals surface area contributed by atoms with Crippen molar-refractivity contribution < 1.29 is 8.42 Å². The normalized spacial score (nSPS) is 20.9. The van der Waals surface area contributed by atoms with Gasteiger partial charge < -0.3 is 5.32 Å². The molecule has 0 aromatic heterocycles. The van der Waals surface area contributed by atoms with Gasteiger partial charge >= 0.3 is 0 Å². The van der Waals surface area contributed by atoms with Gasteiger partial charge in [0.2, 0.25) is 10.0 Å². The second-order valence-electron chi connectivity index (χ2n) is 5.67. The minimum atomic E-state index is -3.23. The Bertz CT molecular complexity index is 565. The first-order chi connectivity index (χ1) is 9.69. The molecular weight excluding hydrogens is 272 g/mol. The first-order valence-electron chi connectivity index (χ1n) is 7.54. The third kappa shape index (κ3) is 2.51. The average molecular weight is 294 g/mol. The van der Waals surface area contributed by atoms with Crippen LogP contribution in [0.15, 0.2) is 24.3 Å². The molecular formula is C15H22N2O2S. The van der Waals surface area contributed by atoms with Gasteiger partial charge in [-0.3, -0.25) is 4.31 Å². The van der Waals surface area contributed by atoms with E-state index in [2.05, 4.69) is 5.32 Å². The summed E-state index contributed by atoms with van der Waals surface area (Å²) in [4.78, 5) is 0. The predicted molar refractivity (Wildman–Crippen MR) is 82.7 cm³/mol. The van der Waals surface area contributed by atoms with Gasteiger partial charge in [0.25, 0.3) is 0 Å². The molecule has 0 spiro atoms. The van der Waals surface area contributed by atoms with Crippen LogP contribution in [0.25, 0.3) is 0 Å². The van der Waals surface area contributed by atoms with Crippen molar-refractivity contribution in [3.05, 3.63) is 24.3 Å². The van der Waals surface area contributed by atoms with Crippen molar-refractivity contribution in [1.29, 1.82) is 0 Å². The molecule has 1 aromatic carbocycles. The van der Waals surface area contributed by atoms with E-state index in [-0.39, 0.29) is 5.25 Å². The SMILES string of the molecule is O=S(=O)(C1CCCCC1)N1CCCNc2ccccc21. The van der Waals surface area contributed by atoms with Crippen LogP contribution in [0.1, 0.15) is 38.5 Å². The molecule has 110 valence electrons. The Balaban J connectivity index is 1.96. The molecule has 1 fully saturated rings. The Morgan fingerprint density at radius 1 is 1.05 bits per heavy atom. The van der Waals surface area contributed by atoms with Gasteiger partial charge in [-0.2, -0.15) is 0 Å². The summed E-state index contributed by atoms with van der Waals surface area (Å²) in [5.41, 5.74) is 1.75. The molecule has 4 nitrogen and oxygen atoms in total. The second kappa shape index (κ2) is 5.64. The number of hydrogen-bond acceptors (Lipinski definition) is 3. The van der Waals surface area contributed by atoms with Gasteiger partial charge in [-0.25, -0.2) is 8.42 Å². The quantitative estimate of drug-likeness (QED) is 0.912. The fourth-order valence-electron chi connectivity index (χ4n) is 3.21. The van der Waals surface area contributed by atoms with E-state index in [1.807, 2.05) is 24.3 Å². The van der Waals surface area contributed by atoms with Crippen molar-refractivity contribution in [2.24, 2.45) is 0 Å². The van der Waals surface area contributed by atoms with E-state index in [4.69, 9.17) is 0 Å². The van der Waals surface area contributed by atoms with Crippen LogP contribution in [0, 0.1) is 0 Å². The fourth-order valence-corrected chi connectivity index (χ4v) is 5.32. The maximum atomic E-state index is 13.0. The molecule has 0 unspecified atom stereocenters. The first kappa shape index (κ1) is 13.7. The summed E-state index contributed by atoms with van der Waals surface area (Å²) in [6.45, 7) is 1.41. The van der Waals surface area contributed by atoms with Crippen LogP contribution in [-0.4, -0.2) is 26.8 Å².